The molecule has 1 N–H and O–H groups in total. The third kappa shape index (κ3) is 4.58. The summed E-state index contributed by atoms with van der Waals surface area (Å²) in [4.78, 5) is 35.0. The number of esters is 1. The summed E-state index contributed by atoms with van der Waals surface area (Å²) in [5.41, 5.74) is 0.879. The number of ether oxygens (including phenoxy) is 2. The number of ketones is 1. The maximum absolute atomic E-state index is 11.8. The molecule has 1 aromatic rings. The molecular formula is C16H19NO5. The van der Waals surface area contributed by atoms with Gasteiger partial charge in [-0.05, 0) is 12.0 Å². The minimum absolute atomic E-state index is 0.0602. The first kappa shape index (κ1) is 16.0. The first-order valence-corrected chi connectivity index (χ1v) is 7.15. The van der Waals surface area contributed by atoms with Crippen LogP contribution >= 0.6 is 0 Å². The second-order valence-electron chi connectivity index (χ2n) is 5.31. The van der Waals surface area contributed by atoms with Crippen molar-refractivity contribution >= 4 is 17.8 Å². The maximum atomic E-state index is 11.8. The fourth-order valence-electron chi connectivity index (χ4n) is 2.53. The van der Waals surface area contributed by atoms with E-state index >= 15 is 0 Å². The Balaban J connectivity index is 1.82. The molecule has 1 saturated carbocycles. The lowest BCUT2D eigenvalue weighted by molar-refractivity contribution is -0.149. The monoisotopic (exact) mass is 305 g/mol. The zero-order chi connectivity index (χ0) is 15.9. The Morgan fingerprint density at radius 1 is 1.23 bits per heavy atom. The lowest BCUT2D eigenvalue weighted by Gasteiger charge is -2.26. The van der Waals surface area contributed by atoms with Crippen molar-refractivity contribution in [1.82, 2.24) is 5.32 Å². The van der Waals surface area contributed by atoms with E-state index in [0.29, 0.717) is 6.42 Å². The molecule has 2 atom stereocenters. The van der Waals surface area contributed by atoms with Crippen molar-refractivity contribution in [2.45, 2.75) is 31.9 Å². The van der Waals surface area contributed by atoms with E-state index in [9.17, 15) is 14.4 Å². The van der Waals surface area contributed by atoms with E-state index < -0.39 is 24.0 Å². The number of hydrogen-bond acceptors (Lipinski definition) is 5. The van der Waals surface area contributed by atoms with Crippen molar-refractivity contribution in [3.8, 4) is 0 Å². The molecule has 1 aliphatic carbocycles. The van der Waals surface area contributed by atoms with Gasteiger partial charge >= 0.3 is 12.1 Å². The van der Waals surface area contributed by atoms with E-state index in [4.69, 9.17) is 4.74 Å². The van der Waals surface area contributed by atoms with Crippen LogP contribution in [0.4, 0.5) is 4.79 Å². The van der Waals surface area contributed by atoms with Gasteiger partial charge in [0.15, 0.2) is 0 Å². The van der Waals surface area contributed by atoms with Crippen molar-refractivity contribution in [2.75, 3.05) is 7.11 Å². The topological polar surface area (TPSA) is 81.7 Å². The first-order chi connectivity index (χ1) is 10.6. The summed E-state index contributed by atoms with van der Waals surface area (Å²) in [5.74, 6) is -0.974. The van der Waals surface area contributed by atoms with E-state index in [2.05, 4.69) is 10.1 Å². The van der Waals surface area contributed by atoms with Crippen LogP contribution in [0.5, 0.6) is 0 Å². The largest absolute Gasteiger partial charge is 0.469 e. The Morgan fingerprint density at radius 2 is 1.95 bits per heavy atom. The molecule has 1 aliphatic rings. The standard InChI is InChI=1S/C16H19NO5/c1-21-15(19)12-7-13(9-14(18)8-12)17-16(20)22-10-11-5-3-2-4-6-11/h2-6,12-13H,7-10H2,1H3,(H,17,20)/t12-,13+/m0/s1. The average molecular weight is 305 g/mol. The van der Waals surface area contributed by atoms with Crippen molar-refractivity contribution in [2.24, 2.45) is 5.92 Å². The second kappa shape index (κ2) is 7.59. The number of alkyl carbamates (subject to hydrolysis) is 1. The Kier molecular flexibility index (Phi) is 5.52. The molecule has 1 amide bonds. The molecule has 118 valence electrons. The Morgan fingerprint density at radius 3 is 2.64 bits per heavy atom. The molecule has 0 heterocycles. The average Bonchev–Trinajstić information content (AvgIpc) is 2.52. The van der Waals surface area contributed by atoms with Crippen LogP contribution in [0.15, 0.2) is 30.3 Å². The molecule has 0 aromatic heterocycles. The molecule has 22 heavy (non-hydrogen) atoms. The minimum Gasteiger partial charge on any atom is -0.469 e. The first-order valence-electron chi connectivity index (χ1n) is 7.15. The van der Waals surface area contributed by atoms with Gasteiger partial charge in [0.2, 0.25) is 0 Å². The van der Waals surface area contributed by atoms with Gasteiger partial charge in [0, 0.05) is 18.9 Å². The summed E-state index contributed by atoms with van der Waals surface area (Å²) in [6.45, 7) is 0.160. The lowest BCUT2D eigenvalue weighted by atomic mass is 9.85. The highest BCUT2D eigenvalue weighted by Gasteiger charge is 2.33. The Labute approximate surface area is 128 Å². The normalized spacial score (nSPS) is 21.0. The van der Waals surface area contributed by atoms with Crippen molar-refractivity contribution < 1.29 is 23.9 Å². The Bertz CT molecular complexity index is 543. The van der Waals surface area contributed by atoms with Gasteiger partial charge < -0.3 is 14.8 Å². The van der Waals surface area contributed by atoms with Gasteiger partial charge in [-0.25, -0.2) is 4.79 Å². The molecule has 2 rings (SSSR count). The van der Waals surface area contributed by atoms with Crippen LogP contribution in [0.2, 0.25) is 0 Å². The molecule has 6 nitrogen and oxygen atoms in total. The van der Waals surface area contributed by atoms with Gasteiger partial charge in [0.05, 0.1) is 13.0 Å². The van der Waals surface area contributed by atoms with Crippen LogP contribution in [0.1, 0.15) is 24.8 Å². The molecular weight excluding hydrogens is 286 g/mol. The van der Waals surface area contributed by atoms with E-state index in [1.807, 2.05) is 30.3 Å². The van der Waals surface area contributed by atoms with Crippen LogP contribution in [0.25, 0.3) is 0 Å². The van der Waals surface area contributed by atoms with E-state index in [1.165, 1.54) is 7.11 Å². The zero-order valence-corrected chi connectivity index (χ0v) is 12.4. The predicted molar refractivity (Wildman–Crippen MR) is 77.9 cm³/mol. The number of nitrogens with one attached hydrogen (secondary N) is 1. The summed E-state index contributed by atoms with van der Waals surface area (Å²) >= 11 is 0. The molecule has 6 heteroatoms. The SMILES string of the molecule is COC(=O)[C@@H]1CC(=O)C[C@H](NC(=O)OCc2ccccc2)C1. The van der Waals surface area contributed by atoms with Crippen LogP contribution < -0.4 is 5.32 Å². The van der Waals surface area contributed by atoms with Crippen LogP contribution in [-0.2, 0) is 25.7 Å². The highest BCUT2D eigenvalue weighted by Crippen LogP contribution is 2.23. The van der Waals surface area contributed by atoms with Crippen LogP contribution in [0, 0.1) is 5.92 Å². The predicted octanol–water partition coefficient (Wildman–Crippen LogP) is 1.82. The fourth-order valence-corrected chi connectivity index (χ4v) is 2.53. The molecule has 0 saturated heterocycles. The summed E-state index contributed by atoms with van der Waals surface area (Å²) in [6.07, 6.45) is 0.184. The van der Waals surface area contributed by atoms with Crippen molar-refractivity contribution in [1.29, 1.82) is 0 Å². The van der Waals surface area contributed by atoms with Crippen LogP contribution in [0.3, 0.4) is 0 Å². The van der Waals surface area contributed by atoms with Crippen molar-refractivity contribution in [3.05, 3.63) is 35.9 Å². The van der Waals surface area contributed by atoms with Gasteiger partial charge in [-0.2, -0.15) is 0 Å². The van der Waals surface area contributed by atoms with Gasteiger partial charge in [0.1, 0.15) is 12.4 Å². The second-order valence-corrected chi connectivity index (χ2v) is 5.31. The van der Waals surface area contributed by atoms with E-state index in [0.717, 1.165) is 5.56 Å². The Hall–Kier alpha value is -2.37. The smallest absolute Gasteiger partial charge is 0.407 e. The molecule has 0 bridgehead atoms. The summed E-state index contributed by atoms with van der Waals surface area (Å²) in [6, 6.07) is 8.91. The molecule has 0 radical (unpaired) electrons. The minimum atomic E-state index is -0.591. The lowest BCUT2D eigenvalue weighted by Crippen LogP contribution is -2.43. The fraction of sp³-hybridized carbons (Fsp3) is 0.438. The maximum Gasteiger partial charge on any atom is 0.407 e. The number of carbonyl (C=O) groups is 3. The number of benzene rings is 1. The summed E-state index contributed by atoms with van der Waals surface area (Å²) < 4.78 is 9.77. The number of hydrogen-bond donors (Lipinski definition) is 1. The number of Topliss-reactive ketones (excluding diaryl/α,β-unsaturated/α-hetero) is 1. The van der Waals surface area contributed by atoms with E-state index in [1.54, 1.807) is 0 Å². The summed E-state index contributed by atoms with van der Waals surface area (Å²) in [7, 11) is 1.29. The quantitative estimate of drug-likeness (QED) is 0.858. The van der Waals surface area contributed by atoms with Gasteiger partial charge in [0.25, 0.3) is 0 Å². The third-order valence-electron chi connectivity index (χ3n) is 3.59. The third-order valence-corrected chi connectivity index (χ3v) is 3.59. The van der Waals surface area contributed by atoms with Gasteiger partial charge in [-0.1, -0.05) is 30.3 Å². The highest BCUT2D eigenvalue weighted by molar-refractivity contribution is 5.86. The molecule has 1 fully saturated rings. The van der Waals surface area contributed by atoms with Gasteiger partial charge in [-0.3, -0.25) is 9.59 Å². The molecule has 0 unspecified atom stereocenters. The summed E-state index contributed by atoms with van der Waals surface area (Å²) in [5, 5.41) is 2.64. The zero-order valence-electron chi connectivity index (χ0n) is 12.4. The number of methoxy groups -OCH3 is 1. The molecule has 1 aromatic carbocycles. The number of carbonyl (C=O) groups excluding carboxylic acids is 3. The van der Waals surface area contributed by atoms with E-state index in [-0.39, 0.29) is 25.2 Å². The molecule has 0 aliphatic heterocycles. The molecule has 0 spiro atoms. The van der Waals surface area contributed by atoms with Crippen molar-refractivity contribution in [3.63, 3.8) is 0 Å². The number of amides is 1. The van der Waals surface area contributed by atoms with Gasteiger partial charge in [-0.15, -0.1) is 0 Å². The van der Waals surface area contributed by atoms with Crippen LogP contribution in [-0.4, -0.2) is 31.0 Å². The number of rotatable bonds is 4. The highest BCUT2D eigenvalue weighted by atomic mass is 16.5.